The normalized spacial score (nSPS) is 17.0. The molecule has 0 fully saturated rings. The number of rotatable bonds is 4. The Bertz CT molecular complexity index is 844. The van der Waals surface area contributed by atoms with Crippen molar-refractivity contribution in [2.24, 2.45) is 0 Å². The summed E-state index contributed by atoms with van der Waals surface area (Å²) in [6, 6.07) is 15.5. The van der Waals surface area contributed by atoms with Gasteiger partial charge in [-0.15, -0.1) is 0 Å². The van der Waals surface area contributed by atoms with Crippen LogP contribution in [0.5, 0.6) is 5.75 Å². The molecule has 0 aromatic heterocycles. The van der Waals surface area contributed by atoms with Crippen molar-refractivity contribution in [1.29, 1.82) is 0 Å². The van der Waals surface area contributed by atoms with E-state index in [9.17, 15) is 9.59 Å². The summed E-state index contributed by atoms with van der Waals surface area (Å²) in [7, 11) is 2.91. The number of nitrogens with zero attached hydrogens (tertiary/aromatic N) is 1. The molecule has 0 bridgehead atoms. The van der Waals surface area contributed by atoms with E-state index in [1.54, 1.807) is 38.3 Å². The molecule has 6 nitrogen and oxygen atoms in total. The minimum atomic E-state index is -0.564. The van der Waals surface area contributed by atoms with E-state index < -0.39 is 12.0 Å². The first-order chi connectivity index (χ1) is 12.6. The average Bonchev–Trinajstić information content (AvgIpc) is 2.68. The maximum atomic E-state index is 12.8. The van der Waals surface area contributed by atoms with Gasteiger partial charge in [0, 0.05) is 5.70 Å². The van der Waals surface area contributed by atoms with E-state index in [-0.39, 0.29) is 6.03 Å². The SMILES string of the molecule is COC(=O)C1=C(C)N(c2ccc(OC)cc2)C(=O)N[C@@H]1c1ccccc1. The van der Waals surface area contributed by atoms with Gasteiger partial charge in [-0.3, -0.25) is 4.90 Å². The van der Waals surface area contributed by atoms with Crippen molar-refractivity contribution in [2.45, 2.75) is 13.0 Å². The molecular weight excluding hydrogens is 332 g/mol. The summed E-state index contributed by atoms with van der Waals surface area (Å²) in [5, 5.41) is 2.90. The highest BCUT2D eigenvalue weighted by Gasteiger charge is 2.36. The Morgan fingerprint density at radius 1 is 1.04 bits per heavy atom. The minimum absolute atomic E-state index is 0.311. The van der Waals surface area contributed by atoms with Crippen LogP contribution in [0, 0.1) is 0 Å². The summed E-state index contributed by atoms with van der Waals surface area (Å²) in [5.74, 6) is 0.206. The molecule has 1 heterocycles. The summed E-state index contributed by atoms with van der Waals surface area (Å²) in [4.78, 5) is 26.7. The minimum Gasteiger partial charge on any atom is -0.497 e. The first-order valence-electron chi connectivity index (χ1n) is 8.15. The Hall–Kier alpha value is -3.28. The molecule has 134 valence electrons. The van der Waals surface area contributed by atoms with Crippen molar-refractivity contribution in [3.05, 3.63) is 71.4 Å². The van der Waals surface area contributed by atoms with Gasteiger partial charge in [0.15, 0.2) is 0 Å². The lowest BCUT2D eigenvalue weighted by molar-refractivity contribution is -0.136. The van der Waals surface area contributed by atoms with Gasteiger partial charge in [0.05, 0.1) is 31.5 Å². The number of anilines is 1. The molecule has 1 atom stereocenters. The molecule has 0 aliphatic carbocycles. The zero-order valence-corrected chi connectivity index (χ0v) is 14.9. The number of hydrogen-bond acceptors (Lipinski definition) is 4. The average molecular weight is 352 g/mol. The van der Waals surface area contributed by atoms with E-state index in [0.717, 1.165) is 5.56 Å². The van der Waals surface area contributed by atoms with E-state index in [4.69, 9.17) is 9.47 Å². The van der Waals surface area contributed by atoms with E-state index in [0.29, 0.717) is 22.7 Å². The predicted octanol–water partition coefficient (Wildman–Crippen LogP) is 3.41. The van der Waals surface area contributed by atoms with Crippen LogP contribution in [-0.4, -0.2) is 26.2 Å². The molecule has 0 unspecified atom stereocenters. The zero-order valence-electron chi connectivity index (χ0n) is 14.9. The molecule has 0 spiro atoms. The summed E-state index contributed by atoms with van der Waals surface area (Å²) in [5.41, 5.74) is 2.37. The van der Waals surface area contributed by atoms with Crippen molar-refractivity contribution in [3.63, 3.8) is 0 Å². The third-order valence-corrected chi connectivity index (χ3v) is 4.35. The highest BCUT2D eigenvalue weighted by Crippen LogP contribution is 2.34. The van der Waals surface area contributed by atoms with Gasteiger partial charge in [-0.05, 0) is 36.8 Å². The molecule has 1 N–H and O–H groups in total. The second-order valence-electron chi connectivity index (χ2n) is 5.82. The van der Waals surface area contributed by atoms with Gasteiger partial charge in [0.25, 0.3) is 0 Å². The highest BCUT2D eigenvalue weighted by atomic mass is 16.5. The number of benzene rings is 2. The third-order valence-electron chi connectivity index (χ3n) is 4.35. The monoisotopic (exact) mass is 352 g/mol. The Balaban J connectivity index is 2.09. The first kappa shape index (κ1) is 17.5. The molecular formula is C20H20N2O4. The van der Waals surface area contributed by atoms with Crippen LogP contribution >= 0.6 is 0 Å². The van der Waals surface area contributed by atoms with E-state index in [1.165, 1.54) is 12.0 Å². The number of amides is 2. The molecule has 1 aliphatic heterocycles. The molecule has 0 radical (unpaired) electrons. The second-order valence-corrected chi connectivity index (χ2v) is 5.82. The Labute approximate surface area is 152 Å². The number of carbonyl (C=O) groups is 2. The molecule has 3 rings (SSSR count). The van der Waals surface area contributed by atoms with Crippen LogP contribution in [-0.2, 0) is 9.53 Å². The topological polar surface area (TPSA) is 67.9 Å². The number of hydrogen-bond donors (Lipinski definition) is 1. The lowest BCUT2D eigenvalue weighted by Crippen LogP contribution is -2.48. The van der Waals surface area contributed by atoms with E-state index in [2.05, 4.69) is 5.32 Å². The van der Waals surface area contributed by atoms with Gasteiger partial charge in [0.2, 0.25) is 0 Å². The molecule has 0 saturated heterocycles. The van der Waals surface area contributed by atoms with Crippen molar-refractivity contribution in [3.8, 4) is 5.75 Å². The summed E-state index contributed by atoms with van der Waals surface area (Å²) < 4.78 is 10.1. The number of esters is 1. The first-order valence-corrected chi connectivity index (χ1v) is 8.15. The predicted molar refractivity (Wildman–Crippen MR) is 97.9 cm³/mol. The fourth-order valence-electron chi connectivity index (χ4n) is 3.06. The van der Waals surface area contributed by atoms with Crippen LogP contribution < -0.4 is 15.0 Å². The largest absolute Gasteiger partial charge is 0.497 e. The number of allylic oxidation sites excluding steroid dienone is 1. The summed E-state index contributed by atoms with van der Waals surface area (Å²) in [6.45, 7) is 1.74. The number of nitrogens with one attached hydrogen (secondary N) is 1. The molecule has 0 saturated carbocycles. The molecule has 2 amide bonds. The lowest BCUT2D eigenvalue weighted by atomic mass is 9.94. The molecule has 1 aliphatic rings. The van der Waals surface area contributed by atoms with Gasteiger partial charge < -0.3 is 14.8 Å². The highest BCUT2D eigenvalue weighted by molar-refractivity contribution is 6.03. The van der Waals surface area contributed by atoms with Crippen LogP contribution in [0.2, 0.25) is 0 Å². The molecule has 2 aromatic rings. The van der Waals surface area contributed by atoms with Gasteiger partial charge in [-0.2, -0.15) is 0 Å². The van der Waals surface area contributed by atoms with Gasteiger partial charge in [0.1, 0.15) is 5.75 Å². The Morgan fingerprint density at radius 3 is 2.27 bits per heavy atom. The number of methoxy groups -OCH3 is 2. The van der Waals surface area contributed by atoms with Crippen LogP contribution in [0.25, 0.3) is 0 Å². The Morgan fingerprint density at radius 2 is 1.69 bits per heavy atom. The number of urea groups is 1. The van der Waals surface area contributed by atoms with E-state index in [1.807, 2.05) is 30.3 Å². The number of carbonyl (C=O) groups excluding carboxylic acids is 2. The van der Waals surface area contributed by atoms with Crippen molar-refractivity contribution in [1.82, 2.24) is 5.32 Å². The standard InChI is InChI=1S/C20H20N2O4/c1-13-17(19(23)26-3)18(14-7-5-4-6-8-14)21-20(24)22(13)15-9-11-16(25-2)12-10-15/h4-12,18H,1-3H3,(H,21,24)/t18-/m1/s1. The fraction of sp³-hybridized carbons (Fsp3) is 0.200. The van der Waals surface area contributed by atoms with Gasteiger partial charge in [-0.1, -0.05) is 30.3 Å². The number of ether oxygens (including phenoxy) is 2. The molecule has 2 aromatic carbocycles. The van der Waals surface area contributed by atoms with Crippen molar-refractivity contribution >= 4 is 17.7 Å². The van der Waals surface area contributed by atoms with E-state index >= 15 is 0 Å². The smallest absolute Gasteiger partial charge is 0.337 e. The summed E-state index contributed by atoms with van der Waals surface area (Å²) >= 11 is 0. The zero-order chi connectivity index (χ0) is 18.7. The van der Waals surface area contributed by atoms with Crippen LogP contribution in [0.3, 0.4) is 0 Å². The van der Waals surface area contributed by atoms with Crippen molar-refractivity contribution in [2.75, 3.05) is 19.1 Å². The lowest BCUT2D eigenvalue weighted by Gasteiger charge is -2.35. The maximum Gasteiger partial charge on any atom is 0.337 e. The third kappa shape index (κ3) is 3.13. The van der Waals surface area contributed by atoms with Crippen molar-refractivity contribution < 1.29 is 19.1 Å². The second kappa shape index (κ2) is 7.31. The fourth-order valence-corrected chi connectivity index (χ4v) is 3.06. The van der Waals surface area contributed by atoms with Crippen LogP contribution in [0.15, 0.2) is 65.9 Å². The maximum absolute atomic E-state index is 12.8. The quantitative estimate of drug-likeness (QED) is 0.856. The Kier molecular flexibility index (Phi) is 4.93. The summed E-state index contributed by atoms with van der Waals surface area (Å²) in [6.07, 6.45) is 0. The van der Waals surface area contributed by atoms with Crippen LogP contribution in [0.1, 0.15) is 18.5 Å². The molecule has 6 heteroatoms. The van der Waals surface area contributed by atoms with Gasteiger partial charge >= 0.3 is 12.0 Å². The van der Waals surface area contributed by atoms with Gasteiger partial charge in [-0.25, -0.2) is 9.59 Å². The molecule has 26 heavy (non-hydrogen) atoms. The van der Waals surface area contributed by atoms with Crippen LogP contribution in [0.4, 0.5) is 10.5 Å².